The van der Waals surface area contributed by atoms with Crippen LogP contribution in [-0.4, -0.2) is 89.1 Å². The normalized spacial score (nSPS) is 17.6. The molecule has 0 bridgehead atoms. The molecular formula is C28H38N6O4. The second-order valence-electron chi connectivity index (χ2n) is 11.0. The Bertz CT molecular complexity index is 1260. The lowest BCUT2D eigenvalue weighted by Crippen LogP contribution is -2.40. The lowest BCUT2D eigenvalue weighted by Gasteiger charge is -2.32. The third-order valence-corrected chi connectivity index (χ3v) is 7.07. The molecule has 0 aliphatic carbocycles. The van der Waals surface area contributed by atoms with Crippen molar-refractivity contribution in [1.29, 1.82) is 0 Å². The minimum atomic E-state index is -0.492. The predicted molar refractivity (Wildman–Crippen MR) is 147 cm³/mol. The van der Waals surface area contributed by atoms with Gasteiger partial charge in [0.1, 0.15) is 16.9 Å². The van der Waals surface area contributed by atoms with Gasteiger partial charge in [-0.1, -0.05) is 12.1 Å². The number of piperidine rings is 1. The van der Waals surface area contributed by atoms with Crippen LogP contribution in [0.5, 0.6) is 5.75 Å². The molecule has 2 fully saturated rings. The van der Waals surface area contributed by atoms with Crippen molar-refractivity contribution in [3.05, 3.63) is 36.0 Å². The average molecular weight is 523 g/mol. The van der Waals surface area contributed by atoms with Crippen LogP contribution in [0.1, 0.15) is 45.1 Å². The van der Waals surface area contributed by atoms with Crippen molar-refractivity contribution in [2.45, 2.75) is 45.1 Å². The number of amides is 1. The number of hydrogen-bond acceptors (Lipinski definition) is 8. The van der Waals surface area contributed by atoms with E-state index in [1.807, 2.05) is 32.9 Å². The van der Waals surface area contributed by atoms with E-state index < -0.39 is 5.60 Å². The summed E-state index contributed by atoms with van der Waals surface area (Å²) in [6.45, 7) is 11.7. The molecule has 2 aromatic heterocycles. The zero-order valence-corrected chi connectivity index (χ0v) is 22.5. The Hall–Kier alpha value is -3.37. The Kier molecular flexibility index (Phi) is 7.71. The van der Waals surface area contributed by atoms with Crippen molar-refractivity contribution in [3.63, 3.8) is 0 Å². The molecule has 0 unspecified atom stereocenters. The van der Waals surface area contributed by atoms with E-state index in [0.717, 1.165) is 68.0 Å². The van der Waals surface area contributed by atoms with Gasteiger partial charge in [-0.05, 0) is 70.3 Å². The predicted octanol–water partition coefficient (Wildman–Crippen LogP) is 3.87. The maximum absolute atomic E-state index is 11.9. The number of morpholine rings is 1. The molecule has 10 heteroatoms. The first kappa shape index (κ1) is 26.2. The Labute approximate surface area is 223 Å². The number of nitrogens with zero attached hydrogens (tertiary/aromatic N) is 4. The van der Waals surface area contributed by atoms with Crippen molar-refractivity contribution in [2.75, 3.05) is 57.4 Å². The fourth-order valence-corrected chi connectivity index (χ4v) is 5.20. The van der Waals surface area contributed by atoms with Crippen LogP contribution >= 0.6 is 0 Å². The standard InChI is InChI=1S/C28H38N6O4/c1-28(2,3)38-27(36)29-9-12-33-10-7-19(8-11-33)22-18-30-24-23(22)31-25(20-5-4-6-21(35)17-20)32-26(24)34-13-15-37-16-14-34/h4-6,17-19,30,35H,7-16H2,1-3H3,(H,29,36). The molecule has 1 aromatic carbocycles. The van der Waals surface area contributed by atoms with E-state index >= 15 is 0 Å². The highest BCUT2D eigenvalue weighted by atomic mass is 16.6. The van der Waals surface area contributed by atoms with E-state index in [2.05, 4.69) is 26.3 Å². The molecule has 2 saturated heterocycles. The number of phenols is 1. The van der Waals surface area contributed by atoms with Crippen LogP contribution < -0.4 is 10.2 Å². The van der Waals surface area contributed by atoms with Crippen molar-refractivity contribution >= 4 is 22.9 Å². The number of benzene rings is 1. The quantitative estimate of drug-likeness (QED) is 0.447. The van der Waals surface area contributed by atoms with Crippen molar-refractivity contribution in [1.82, 2.24) is 25.2 Å². The summed E-state index contributed by atoms with van der Waals surface area (Å²) in [6.07, 6.45) is 3.75. The number of anilines is 1. The number of hydrogen-bond donors (Lipinski definition) is 3. The van der Waals surface area contributed by atoms with E-state index in [0.29, 0.717) is 31.5 Å². The van der Waals surface area contributed by atoms with Crippen LogP contribution in [0, 0.1) is 0 Å². The summed E-state index contributed by atoms with van der Waals surface area (Å²) in [6, 6.07) is 7.11. The second-order valence-corrected chi connectivity index (χ2v) is 11.0. The smallest absolute Gasteiger partial charge is 0.407 e. The van der Waals surface area contributed by atoms with Crippen LogP contribution in [0.15, 0.2) is 30.5 Å². The highest BCUT2D eigenvalue weighted by Crippen LogP contribution is 2.36. The Morgan fingerprint density at radius 3 is 2.66 bits per heavy atom. The van der Waals surface area contributed by atoms with Crippen molar-refractivity contribution < 1.29 is 19.4 Å². The molecule has 10 nitrogen and oxygen atoms in total. The van der Waals surface area contributed by atoms with Gasteiger partial charge in [0.15, 0.2) is 11.6 Å². The fraction of sp³-hybridized carbons (Fsp3) is 0.536. The zero-order chi connectivity index (χ0) is 26.7. The molecule has 2 aliphatic heterocycles. The highest BCUT2D eigenvalue weighted by molar-refractivity contribution is 5.91. The number of carbonyl (C=O) groups excluding carboxylic acids is 1. The minimum Gasteiger partial charge on any atom is -0.508 e. The highest BCUT2D eigenvalue weighted by Gasteiger charge is 2.27. The van der Waals surface area contributed by atoms with Gasteiger partial charge in [-0.25, -0.2) is 14.8 Å². The first-order valence-corrected chi connectivity index (χ1v) is 13.5. The van der Waals surface area contributed by atoms with Gasteiger partial charge >= 0.3 is 6.09 Å². The summed E-state index contributed by atoms with van der Waals surface area (Å²) in [7, 11) is 0. The summed E-state index contributed by atoms with van der Waals surface area (Å²) < 4.78 is 10.9. The molecule has 38 heavy (non-hydrogen) atoms. The number of likely N-dealkylation sites (tertiary alicyclic amines) is 1. The number of carbonyl (C=O) groups is 1. The van der Waals surface area contributed by atoms with Gasteiger partial charge in [-0.2, -0.15) is 0 Å². The number of rotatable bonds is 6. The second kappa shape index (κ2) is 11.2. The molecule has 0 radical (unpaired) electrons. The molecule has 2 aliphatic rings. The summed E-state index contributed by atoms with van der Waals surface area (Å²) >= 11 is 0. The molecule has 204 valence electrons. The lowest BCUT2D eigenvalue weighted by molar-refractivity contribution is 0.0520. The van der Waals surface area contributed by atoms with E-state index in [-0.39, 0.29) is 11.8 Å². The van der Waals surface area contributed by atoms with E-state index in [4.69, 9.17) is 19.4 Å². The van der Waals surface area contributed by atoms with E-state index in [1.165, 1.54) is 5.56 Å². The van der Waals surface area contributed by atoms with Gasteiger partial charge < -0.3 is 34.7 Å². The molecule has 3 N–H and O–H groups in total. The SMILES string of the molecule is CC(C)(C)OC(=O)NCCN1CCC(c2c[nH]c3c(N4CCOCC4)nc(-c4cccc(O)c4)nc23)CC1. The number of aromatic amines is 1. The minimum absolute atomic E-state index is 0.196. The van der Waals surface area contributed by atoms with Crippen LogP contribution in [-0.2, 0) is 9.47 Å². The first-order chi connectivity index (χ1) is 18.3. The number of fused-ring (bicyclic) bond motifs is 1. The number of aromatic nitrogens is 3. The summed E-state index contributed by atoms with van der Waals surface area (Å²) in [5.41, 5.74) is 3.42. The number of nitrogens with one attached hydrogen (secondary N) is 2. The number of aromatic hydroxyl groups is 1. The summed E-state index contributed by atoms with van der Waals surface area (Å²) in [5.74, 6) is 2.07. The monoisotopic (exact) mass is 522 g/mol. The van der Waals surface area contributed by atoms with Gasteiger partial charge in [-0.3, -0.25) is 0 Å². The van der Waals surface area contributed by atoms with E-state index in [1.54, 1.807) is 12.1 Å². The number of H-pyrrole nitrogens is 1. The van der Waals surface area contributed by atoms with Crippen LogP contribution in [0.25, 0.3) is 22.4 Å². The van der Waals surface area contributed by atoms with E-state index in [9.17, 15) is 9.90 Å². The molecule has 4 heterocycles. The largest absolute Gasteiger partial charge is 0.508 e. The molecule has 3 aromatic rings. The van der Waals surface area contributed by atoms with Gasteiger partial charge in [-0.15, -0.1) is 0 Å². The molecule has 0 spiro atoms. The van der Waals surface area contributed by atoms with Gasteiger partial charge in [0.25, 0.3) is 0 Å². The van der Waals surface area contributed by atoms with Gasteiger partial charge in [0.2, 0.25) is 0 Å². The van der Waals surface area contributed by atoms with Crippen molar-refractivity contribution in [3.8, 4) is 17.1 Å². The van der Waals surface area contributed by atoms with Gasteiger partial charge in [0, 0.05) is 37.9 Å². The molecule has 5 rings (SSSR count). The third-order valence-electron chi connectivity index (χ3n) is 7.07. The fourth-order valence-electron chi connectivity index (χ4n) is 5.20. The first-order valence-electron chi connectivity index (χ1n) is 13.5. The van der Waals surface area contributed by atoms with Crippen molar-refractivity contribution in [2.24, 2.45) is 0 Å². The van der Waals surface area contributed by atoms with Gasteiger partial charge in [0.05, 0.1) is 18.7 Å². The molecular weight excluding hydrogens is 484 g/mol. The van der Waals surface area contributed by atoms with Crippen LogP contribution in [0.2, 0.25) is 0 Å². The zero-order valence-electron chi connectivity index (χ0n) is 22.5. The maximum Gasteiger partial charge on any atom is 0.407 e. The lowest BCUT2D eigenvalue weighted by atomic mass is 9.90. The molecule has 1 amide bonds. The summed E-state index contributed by atoms with van der Waals surface area (Å²) in [4.78, 5) is 30.0. The Morgan fingerprint density at radius 1 is 1.18 bits per heavy atom. The topological polar surface area (TPSA) is 116 Å². The number of phenolic OH excluding ortho intramolecular Hbond substituents is 1. The Morgan fingerprint density at radius 2 is 1.95 bits per heavy atom. The van der Waals surface area contributed by atoms with Crippen LogP contribution in [0.4, 0.5) is 10.6 Å². The Balaban J connectivity index is 1.32. The number of alkyl carbamates (subject to hydrolysis) is 1. The third kappa shape index (κ3) is 6.19. The van der Waals surface area contributed by atoms with Crippen LogP contribution in [0.3, 0.4) is 0 Å². The molecule has 0 atom stereocenters. The molecule has 0 saturated carbocycles. The maximum atomic E-state index is 11.9. The number of ether oxygens (including phenoxy) is 2. The summed E-state index contributed by atoms with van der Waals surface area (Å²) in [5, 5.41) is 12.9. The average Bonchev–Trinajstić information content (AvgIpc) is 3.32.